The molecule has 1 amide bonds. The van der Waals surface area contributed by atoms with Crippen molar-refractivity contribution in [2.75, 3.05) is 18.4 Å². The minimum atomic E-state index is -0.0804. The van der Waals surface area contributed by atoms with Crippen LogP contribution in [0.4, 0.5) is 5.82 Å². The maximum absolute atomic E-state index is 11.9. The predicted octanol–water partition coefficient (Wildman–Crippen LogP) is 2.11. The van der Waals surface area contributed by atoms with E-state index in [4.69, 9.17) is 0 Å². The van der Waals surface area contributed by atoms with Crippen LogP contribution in [-0.4, -0.2) is 33.5 Å². The molecule has 2 heterocycles. The summed E-state index contributed by atoms with van der Waals surface area (Å²) < 4.78 is 1.91. The van der Waals surface area contributed by atoms with E-state index < -0.39 is 0 Å². The Bertz CT molecular complexity index is 756. The molecule has 6 heteroatoms. The van der Waals surface area contributed by atoms with Crippen molar-refractivity contribution < 1.29 is 4.79 Å². The number of rotatable bonds is 6. The summed E-state index contributed by atoms with van der Waals surface area (Å²) in [5, 5.41) is 6.04. The van der Waals surface area contributed by atoms with Crippen LogP contribution >= 0.6 is 0 Å². The first-order chi connectivity index (χ1) is 11.3. The number of amides is 1. The Labute approximate surface area is 134 Å². The molecule has 0 saturated heterocycles. The van der Waals surface area contributed by atoms with Crippen molar-refractivity contribution in [3.63, 3.8) is 0 Å². The molecule has 0 saturated carbocycles. The van der Waals surface area contributed by atoms with Gasteiger partial charge in [0.2, 0.25) is 0 Å². The summed E-state index contributed by atoms with van der Waals surface area (Å²) in [6.07, 6.45) is 5.36. The molecule has 3 aromatic rings. The highest BCUT2D eigenvalue weighted by Gasteiger charge is 2.03. The quantitative estimate of drug-likeness (QED) is 0.684. The molecule has 3 rings (SSSR count). The maximum Gasteiger partial charge on any atom is 0.251 e. The fourth-order valence-electron chi connectivity index (χ4n) is 2.13. The Balaban J connectivity index is 1.49. The molecule has 0 unspecified atom stereocenters. The molecule has 6 nitrogen and oxygen atoms in total. The summed E-state index contributed by atoms with van der Waals surface area (Å²) in [6.45, 7) is 1.09. The Hall–Kier alpha value is -3.15. The smallest absolute Gasteiger partial charge is 0.251 e. The van der Waals surface area contributed by atoms with Crippen molar-refractivity contribution in [2.45, 2.75) is 0 Å². The fourth-order valence-corrected chi connectivity index (χ4v) is 2.13. The summed E-state index contributed by atoms with van der Waals surface area (Å²) >= 11 is 0. The zero-order chi connectivity index (χ0) is 15.9. The van der Waals surface area contributed by atoms with Gasteiger partial charge in [0.05, 0.1) is 0 Å². The largest absolute Gasteiger partial charge is 0.368 e. The minimum Gasteiger partial charge on any atom is -0.368 e. The van der Waals surface area contributed by atoms with Gasteiger partial charge in [-0.15, -0.1) is 0 Å². The lowest BCUT2D eigenvalue weighted by Crippen LogP contribution is -2.28. The van der Waals surface area contributed by atoms with E-state index in [2.05, 4.69) is 20.6 Å². The molecule has 0 aliphatic rings. The molecule has 116 valence electrons. The highest BCUT2D eigenvalue weighted by molar-refractivity contribution is 5.94. The van der Waals surface area contributed by atoms with Crippen LogP contribution in [0.3, 0.4) is 0 Å². The highest BCUT2D eigenvalue weighted by Crippen LogP contribution is 2.08. The van der Waals surface area contributed by atoms with Gasteiger partial charge in [0.25, 0.3) is 5.91 Å². The van der Waals surface area contributed by atoms with E-state index in [-0.39, 0.29) is 5.91 Å². The van der Waals surface area contributed by atoms with Gasteiger partial charge >= 0.3 is 0 Å². The summed E-state index contributed by atoms with van der Waals surface area (Å²) in [7, 11) is 0. The number of hydrogen-bond acceptors (Lipinski definition) is 4. The normalized spacial score (nSPS) is 10.3. The van der Waals surface area contributed by atoms with Crippen LogP contribution in [0.5, 0.6) is 0 Å². The summed E-state index contributed by atoms with van der Waals surface area (Å²) in [5.41, 5.74) is 0.657. The van der Waals surface area contributed by atoms with E-state index in [0.29, 0.717) is 18.7 Å². The van der Waals surface area contributed by atoms with Crippen molar-refractivity contribution in [1.29, 1.82) is 0 Å². The predicted molar refractivity (Wildman–Crippen MR) is 88.6 cm³/mol. The van der Waals surface area contributed by atoms with E-state index in [1.54, 1.807) is 12.1 Å². The standard InChI is InChI=1S/C17H17N5O/c23-17(14-6-2-1-3-7-14)19-9-8-18-15-12-16(21-13-20-15)22-10-4-5-11-22/h1-7,10-13H,8-9H2,(H,19,23)(H,18,20,21). The third-order valence-corrected chi connectivity index (χ3v) is 3.27. The number of carbonyl (C=O) groups excluding carboxylic acids is 1. The maximum atomic E-state index is 11.9. The van der Waals surface area contributed by atoms with Crippen LogP contribution in [0, 0.1) is 0 Å². The number of nitrogens with zero attached hydrogens (tertiary/aromatic N) is 3. The third-order valence-electron chi connectivity index (χ3n) is 3.27. The van der Waals surface area contributed by atoms with Crippen molar-refractivity contribution in [3.8, 4) is 5.82 Å². The number of aromatic nitrogens is 3. The number of anilines is 1. The molecule has 0 bridgehead atoms. The highest BCUT2D eigenvalue weighted by atomic mass is 16.1. The molecule has 0 radical (unpaired) electrons. The van der Waals surface area contributed by atoms with Gasteiger partial charge in [-0.3, -0.25) is 4.79 Å². The molecular weight excluding hydrogens is 290 g/mol. The van der Waals surface area contributed by atoms with Gasteiger partial charge in [0.1, 0.15) is 18.0 Å². The fraction of sp³-hybridized carbons (Fsp3) is 0.118. The van der Waals surface area contributed by atoms with Gasteiger partial charge < -0.3 is 15.2 Å². The number of hydrogen-bond donors (Lipinski definition) is 2. The van der Waals surface area contributed by atoms with E-state index >= 15 is 0 Å². The molecular formula is C17H17N5O. The van der Waals surface area contributed by atoms with Gasteiger partial charge in [-0.2, -0.15) is 0 Å². The first kappa shape index (κ1) is 14.8. The van der Waals surface area contributed by atoms with Gasteiger partial charge in [0.15, 0.2) is 0 Å². The number of carbonyl (C=O) groups is 1. The molecule has 0 fully saturated rings. The van der Waals surface area contributed by atoms with Crippen molar-refractivity contribution in [2.24, 2.45) is 0 Å². The van der Waals surface area contributed by atoms with Crippen molar-refractivity contribution in [3.05, 3.63) is 72.8 Å². The lowest BCUT2D eigenvalue weighted by molar-refractivity contribution is 0.0955. The molecule has 2 N–H and O–H groups in total. The third kappa shape index (κ3) is 3.94. The van der Waals surface area contributed by atoms with E-state index in [0.717, 1.165) is 11.6 Å². The zero-order valence-corrected chi connectivity index (χ0v) is 12.5. The average molecular weight is 307 g/mol. The van der Waals surface area contributed by atoms with Gasteiger partial charge in [-0.05, 0) is 24.3 Å². The molecule has 0 spiro atoms. The molecule has 2 aromatic heterocycles. The van der Waals surface area contributed by atoms with Gasteiger partial charge in [0, 0.05) is 37.1 Å². The molecule has 0 aliphatic carbocycles. The second-order valence-corrected chi connectivity index (χ2v) is 4.90. The van der Waals surface area contributed by atoms with Crippen molar-refractivity contribution in [1.82, 2.24) is 19.9 Å². The van der Waals surface area contributed by atoms with Crippen LogP contribution in [0.1, 0.15) is 10.4 Å². The number of nitrogens with one attached hydrogen (secondary N) is 2. The minimum absolute atomic E-state index is 0.0804. The summed E-state index contributed by atoms with van der Waals surface area (Å²) in [5.74, 6) is 1.43. The lowest BCUT2D eigenvalue weighted by Gasteiger charge is -2.08. The lowest BCUT2D eigenvalue weighted by atomic mass is 10.2. The first-order valence-corrected chi connectivity index (χ1v) is 7.35. The second kappa shape index (κ2) is 7.22. The molecule has 1 aromatic carbocycles. The monoisotopic (exact) mass is 307 g/mol. The van der Waals surface area contributed by atoms with E-state index in [1.165, 1.54) is 6.33 Å². The zero-order valence-electron chi connectivity index (χ0n) is 12.5. The Morgan fingerprint density at radius 2 is 1.78 bits per heavy atom. The first-order valence-electron chi connectivity index (χ1n) is 7.35. The average Bonchev–Trinajstić information content (AvgIpc) is 3.14. The Morgan fingerprint density at radius 3 is 2.57 bits per heavy atom. The van der Waals surface area contributed by atoms with Crippen molar-refractivity contribution >= 4 is 11.7 Å². The van der Waals surface area contributed by atoms with Crippen LogP contribution < -0.4 is 10.6 Å². The van der Waals surface area contributed by atoms with Crippen LogP contribution in [0.2, 0.25) is 0 Å². The van der Waals surface area contributed by atoms with Gasteiger partial charge in [-0.25, -0.2) is 9.97 Å². The summed E-state index contributed by atoms with van der Waals surface area (Å²) in [4.78, 5) is 20.3. The Kier molecular flexibility index (Phi) is 4.63. The Morgan fingerprint density at radius 1 is 1.00 bits per heavy atom. The summed E-state index contributed by atoms with van der Waals surface area (Å²) in [6, 6.07) is 14.9. The van der Waals surface area contributed by atoms with Crippen LogP contribution in [-0.2, 0) is 0 Å². The van der Waals surface area contributed by atoms with E-state index in [1.807, 2.05) is 53.4 Å². The topological polar surface area (TPSA) is 71.8 Å². The molecule has 23 heavy (non-hydrogen) atoms. The van der Waals surface area contributed by atoms with Crippen LogP contribution in [0.25, 0.3) is 5.82 Å². The number of benzene rings is 1. The second-order valence-electron chi connectivity index (χ2n) is 4.90. The van der Waals surface area contributed by atoms with Gasteiger partial charge in [-0.1, -0.05) is 18.2 Å². The molecule has 0 atom stereocenters. The SMILES string of the molecule is O=C(NCCNc1cc(-n2cccc2)ncn1)c1ccccc1. The van der Waals surface area contributed by atoms with Crippen LogP contribution in [0.15, 0.2) is 67.3 Å². The molecule has 0 aliphatic heterocycles. The van der Waals surface area contributed by atoms with E-state index in [9.17, 15) is 4.79 Å².